The van der Waals surface area contributed by atoms with Crippen LogP contribution in [0.1, 0.15) is 0 Å². The summed E-state index contributed by atoms with van der Waals surface area (Å²) >= 11 is 0. The summed E-state index contributed by atoms with van der Waals surface area (Å²) in [5, 5.41) is 23.8. The van der Waals surface area contributed by atoms with E-state index in [1.807, 2.05) is 60.7 Å². The number of fused-ring (bicyclic) bond motifs is 2. The van der Waals surface area contributed by atoms with Crippen LogP contribution in [0, 0.1) is 0 Å². The number of benzene rings is 4. The van der Waals surface area contributed by atoms with Crippen molar-refractivity contribution in [3.05, 3.63) is 91.3 Å². The minimum atomic E-state index is -1.54. The highest BCUT2D eigenvalue weighted by molar-refractivity contribution is 6.66. The van der Waals surface area contributed by atoms with E-state index in [0.29, 0.717) is 11.3 Å². The van der Waals surface area contributed by atoms with Crippen LogP contribution in [0.4, 0.5) is 0 Å². The minimum absolute atomic E-state index is 0.536. The molecule has 0 radical (unpaired) electrons. The summed E-state index contributed by atoms with van der Waals surface area (Å²) in [6, 6.07) is 25.7. The Morgan fingerprint density at radius 2 is 1.03 bits per heavy atom. The largest absolute Gasteiger partial charge is 0.489 e. The van der Waals surface area contributed by atoms with E-state index >= 15 is 0 Å². The van der Waals surface area contributed by atoms with Crippen molar-refractivity contribution in [1.29, 1.82) is 0 Å². The van der Waals surface area contributed by atoms with E-state index in [2.05, 4.69) is 22.1 Å². The number of aromatic nitrogens is 2. The predicted octanol–water partition coefficient (Wildman–Crippen LogP) is 3.80. The first-order chi connectivity index (χ1) is 14.2. The first kappa shape index (κ1) is 17.6. The predicted molar refractivity (Wildman–Crippen MR) is 118 cm³/mol. The molecular weight excluding hydrogens is 359 g/mol. The van der Waals surface area contributed by atoms with Crippen molar-refractivity contribution in [2.75, 3.05) is 0 Å². The third kappa shape index (κ3) is 2.97. The Hall–Kier alpha value is -3.54. The van der Waals surface area contributed by atoms with Gasteiger partial charge in [-0.15, -0.1) is 0 Å². The van der Waals surface area contributed by atoms with Crippen LogP contribution in [-0.2, 0) is 0 Å². The first-order valence-electron chi connectivity index (χ1n) is 9.41. The Labute approximate surface area is 168 Å². The van der Waals surface area contributed by atoms with Gasteiger partial charge < -0.3 is 10.0 Å². The summed E-state index contributed by atoms with van der Waals surface area (Å²) in [4.78, 5) is 8.63. The van der Waals surface area contributed by atoms with Crippen LogP contribution in [0.25, 0.3) is 44.1 Å². The molecule has 0 bridgehead atoms. The Morgan fingerprint density at radius 3 is 1.55 bits per heavy atom. The molecule has 0 unspecified atom stereocenters. The molecule has 0 atom stereocenters. The van der Waals surface area contributed by atoms with Crippen LogP contribution in [0.3, 0.4) is 0 Å². The van der Waals surface area contributed by atoms with Gasteiger partial charge in [0.1, 0.15) is 0 Å². The normalized spacial score (nSPS) is 11.1. The molecule has 5 heteroatoms. The van der Waals surface area contributed by atoms with E-state index in [1.165, 1.54) is 0 Å². The van der Waals surface area contributed by atoms with Crippen LogP contribution in [0.2, 0.25) is 0 Å². The number of nitrogens with zero attached hydrogens (tertiary/aromatic N) is 2. The molecule has 0 aliphatic heterocycles. The second-order valence-corrected chi connectivity index (χ2v) is 6.90. The molecule has 0 spiro atoms. The van der Waals surface area contributed by atoms with Crippen LogP contribution in [0.15, 0.2) is 91.3 Å². The molecule has 0 saturated carbocycles. The van der Waals surface area contributed by atoms with Gasteiger partial charge in [-0.1, -0.05) is 72.8 Å². The van der Waals surface area contributed by atoms with Crippen LogP contribution in [0.5, 0.6) is 0 Å². The van der Waals surface area contributed by atoms with E-state index in [0.717, 1.165) is 38.2 Å². The zero-order valence-corrected chi connectivity index (χ0v) is 15.5. The lowest BCUT2D eigenvalue weighted by Gasteiger charge is -2.17. The van der Waals surface area contributed by atoms with Gasteiger partial charge in [-0.2, -0.15) is 0 Å². The van der Waals surface area contributed by atoms with Gasteiger partial charge in [0.25, 0.3) is 0 Å². The summed E-state index contributed by atoms with van der Waals surface area (Å²) in [5.41, 5.74) is 3.61. The lowest BCUT2D eigenvalue weighted by molar-refractivity contribution is 0.426. The fourth-order valence-electron chi connectivity index (χ4n) is 3.99. The number of rotatable bonds is 3. The number of hydrogen-bond donors (Lipinski definition) is 2. The molecule has 0 saturated heterocycles. The van der Waals surface area contributed by atoms with E-state index in [4.69, 9.17) is 0 Å². The summed E-state index contributed by atoms with van der Waals surface area (Å²) in [7, 11) is -1.54. The summed E-state index contributed by atoms with van der Waals surface area (Å²) < 4.78 is 0. The van der Waals surface area contributed by atoms with Crippen molar-refractivity contribution < 1.29 is 10.0 Å². The van der Waals surface area contributed by atoms with E-state index in [1.54, 1.807) is 18.5 Å². The summed E-state index contributed by atoms with van der Waals surface area (Å²) in [6.45, 7) is 0. The van der Waals surface area contributed by atoms with Crippen molar-refractivity contribution in [1.82, 2.24) is 9.97 Å². The highest BCUT2D eigenvalue weighted by Gasteiger charge is 2.22. The molecule has 1 aromatic heterocycles. The molecule has 1 heterocycles. The second kappa shape index (κ2) is 7.13. The maximum Gasteiger partial charge on any atom is 0.489 e. The highest BCUT2D eigenvalue weighted by atomic mass is 16.4. The average molecular weight is 376 g/mol. The first-order valence-corrected chi connectivity index (χ1v) is 9.41. The molecule has 4 aromatic carbocycles. The van der Waals surface area contributed by atoms with Crippen molar-refractivity contribution in [3.8, 4) is 22.5 Å². The van der Waals surface area contributed by atoms with E-state index in [-0.39, 0.29) is 0 Å². The molecule has 2 N–H and O–H groups in total. The zero-order chi connectivity index (χ0) is 19.8. The van der Waals surface area contributed by atoms with Gasteiger partial charge in [0.15, 0.2) is 5.82 Å². The Morgan fingerprint density at radius 1 is 0.552 bits per heavy atom. The van der Waals surface area contributed by atoms with Crippen molar-refractivity contribution in [2.45, 2.75) is 0 Å². The smallest absolute Gasteiger partial charge is 0.423 e. The third-order valence-corrected chi connectivity index (χ3v) is 5.23. The molecule has 5 rings (SSSR count). The van der Waals surface area contributed by atoms with Gasteiger partial charge in [-0.25, -0.2) is 9.97 Å². The summed E-state index contributed by atoms with van der Waals surface area (Å²) in [6.07, 6.45) is 3.46. The maximum atomic E-state index is 10.1. The van der Waals surface area contributed by atoms with Crippen LogP contribution >= 0.6 is 0 Å². The standard InChI is InChI=1S/C24H17BN2O2/c28-25(29)23-20-8-3-1-6-18(20)22(19-7-2-4-9-21(19)23)16-10-12-17(13-11-16)24-26-14-5-15-27-24/h1-15,28-29H. The lowest BCUT2D eigenvalue weighted by Crippen LogP contribution is -2.31. The molecule has 29 heavy (non-hydrogen) atoms. The Kier molecular flexibility index (Phi) is 4.32. The van der Waals surface area contributed by atoms with Gasteiger partial charge in [0, 0.05) is 18.0 Å². The fraction of sp³-hybridized carbons (Fsp3) is 0. The van der Waals surface area contributed by atoms with Crippen LogP contribution in [-0.4, -0.2) is 27.1 Å². The lowest BCUT2D eigenvalue weighted by atomic mass is 9.72. The Balaban J connectivity index is 1.80. The van der Waals surface area contributed by atoms with Gasteiger partial charge in [-0.05, 0) is 44.2 Å². The fourth-order valence-corrected chi connectivity index (χ4v) is 3.99. The van der Waals surface area contributed by atoms with Crippen molar-refractivity contribution in [2.24, 2.45) is 0 Å². The monoisotopic (exact) mass is 376 g/mol. The highest BCUT2D eigenvalue weighted by Crippen LogP contribution is 2.36. The molecule has 0 aliphatic rings. The van der Waals surface area contributed by atoms with Gasteiger partial charge in [0.05, 0.1) is 0 Å². The van der Waals surface area contributed by atoms with Crippen LogP contribution < -0.4 is 5.46 Å². The van der Waals surface area contributed by atoms with E-state index < -0.39 is 7.12 Å². The minimum Gasteiger partial charge on any atom is -0.423 e. The average Bonchev–Trinajstić information content (AvgIpc) is 2.78. The SMILES string of the molecule is OB(O)c1c2ccccc2c(-c2ccc(-c3ncccn3)cc2)c2ccccc12. The molecule has 138 valence electrons. The molecule has 0 aliphatic carbocycles. The quantitative estimate of drug-likeness (QED) is 0.371. The molecule has 0 amide bonds. The Bertz CT molecular complexity index is 1260. The van der Waals surface area contributed by atoms with Gasteiger partial charge in [0.2, 0.25) is 0 Å². The maximum absolute atomic E-state index is 10.1. The zero-order valence-electron chi connectivity index (χ0n) is 15.5. The third-order valence-electron chi connectivity index (χ3n) is 5.23. The topological polar surface area (TPSA) is 66.2 Å². The van der Waals surface area contributed by atoms with Crippen molar-refractivity contribution in [3.63, 3.8) is 0 Å². The van der Waals surface area contributed by atoms with Crippen molar-refractivity contribution >= 4 is 34.1 Å². The molecule has 4 nitrogen and oxygen atoms in total. The van der Waals surface area contributed by atoms with Gasteiger partial charge >= 0.3 is 7.12 Å². The number of hydrogen-bond acceptors (Lipinski definition) is 4. The second-order valence-electron chi connectivity index (χ2n) is 6.90. The van der Waals surface area contributed by atoms with E-state index in [9.17, 15) is 10.0 Å². The van der Waals surface area contributed by atoms with Gasteiger partial charge in [-0.3, -0.25) is 0 Å². The molecule has 0 fully saturated rings. The summed E-state index contributed by atoms with van der Waals surface area (Å²) in [5.74, 6) is 0.688. The molecule has 5 aromatic rings. The molecular formula is C24H17BN2O2.